The summed E-state index contributed by atoms with van der Waals surface area (Å²) in [6.45, 7) is 0. The molecule has 5 heteroatoms. The van der Waals surface area contributed by atoms with Crippen molar-refractivity contribution in [3.05, 3.63) is 59.9 Å². The van der Waals surface area contributed by atoms with Crippen molar-refractivity contribution in [2.75, 3.05) is 0 Å². The molecule has 2 rings (SSSR count). The largest absolute Gasteiger partial charge is 0.293 e. The fourth-order valence-corrected chi connectivity index (χ4v) is 1.94. The molecule has 86 valence electrons. The minimum absolute atomic E-state index is 0.141. The zero-order valence-electron chi connectivity index (χ0n) is 8.68. The summed E-state index contributed by atoms with van der Waals surface area (Å²) in [5, 5.41) is 0. The third kappa shape index (κ3) is 2.74. The predicted molar refractivity (Wildman–Crippen MR) is 64.4 cm³/mol. The van der Waals surface area contributed by atoms with Gasteiger partial charge in [0.2, 0.25) is 5.95 Å². The Labute approximate surface area is 106 Å². The standard InChI is InChI=1S/C12H8BrFN2O/c13-11(9-3-6-16-10(14)7-9)12(17)8-1-4-15-5-2-8/h1-7,11H. The molecule has 0 saturated heterocycles. The SMILES string of the molecule is O=C(c1ccncc1)C(Br)c1ccnc(F)c1. The molecule has 0 N–H and O–H groups in total. The molecule has 0 aliphatic heterocycles. The van der Waals surface area contributed by atoms with E-state index >= 15 is 0 Å². The van der Waals surface area contributed by atoms with E-state index in [1.165, 1.54) is 12.3 Å². The van der Waals surface area contributed by atoms with Gasteiger partial charge in [-0.25, -0.2) is 4.98 Å². The van der Waals surface area contributed by atoms with Crippen LogP contribution in [0.2, 0.25) is 0 Å². The van der Waals surface area contributed by atoms with Crippen molar-refractivity contribution in [1.29, 1.82) is 0 Å². The fraction of sp³-hybridized carbons (Fsp3) is 0.0833. The second-order valence-corrected chi connectivity index (χ2v) is 4.29. The van der Waals surface area contributed by atoms with Crippen LogP contribution in [-0.4, -0.2) is 15.8 Å². The van der Waals surface area contributed by atoms with E-state index in [0.717, 1.165) is 0 Å². The average molecular weight is 295 g/mol. The first kappa shape index (κ1) is 11.9. The number of Topliss-reactive ketones (excluding diaryl/α,β-unsaturated/α-hetero) is 1. The number of hydrogen-bond acceptors (Lipinski definition) is 3. The van der Waals surface area contributed by atoms with Crippen LogP contribution < -0.4 is 0 Å². The van der Waals surface area contributed by atoms with Gasteiger partial charge >= 0.3 is 0 Å². The van der Waals surface area contributed by atoms with Crippen molar-refractivity contribution in [1.82, 2.24) is 9.97 Å². The summed E-state index contributed by atoms with van der Waals surface area (Å²) < 4.78 is 12.9. The number of nitrogens with zero attached hydrogens (tertiary/aromatic N) is 2. The molecule has 17 heavy (non-hydrogen) atoms. The Balaban J connectivity index is 2.27. The summed E-state index contributed by atoms with van der Waals surface area (Å²) in [6, 6.07) is 6.07. The zero-order valence-corrected chi connectivity index (χ0v) is 10.3. The normalized spacial score (nSPS) is 12.1. The zero-order chi connectivity index (χ0) is 12.3. The summed E-state index contributed by atoms with van der Waals surface area (Å²) in [5.41, 5.74) is 1.07. The molecule has 0 amide bonds. The van der Waals surface area contributed by atoms with Crippen LogP contribution >= 0.6 is 15.9 Å². The van der Waals surface area contributed by atoms with Crippen molar-refractivity contribution in [3.63, 3.8) is 0 Å². The maximum absolute atomic E-state index is 12.9. The summed E-state index contributed by atoms with van der Waals surface area (Å²) in [7, 11) is 0. The summed E-state index contributed by atoms with van der Waals surface area (Å²) in [4.78, 5) is 18.7. The summed E-state index contributed by atoms with van der Waals surface area (Å²) in [5.74, 6) is -0.743. The van der Waals surface area contributed by atoms with E-state index in [1.807, 2.05) is 0 Å². The Kier molecular flexibility index (Phi) is 3.58. The Morgan fingerprint density at radius 1 is 1.24 bits per heavy atom. The van der Waals surface area contributed by atoms with E-state index in [0.29, 0.717) is 11.1 Å². The first-order valence-electron chi connectivity index (χ1n) is 4.88. The number of alkyl halides is 1. The highest BCUT2D eigenvalue weighted by molar-refractivity contribution is 9.09. The van der Waals surface area contributed by atoms with Gasteiger partial charge in [-0.1, -0.05) is 15.9 Å². The topological polar surface area (TPSA) is 42.9 Å². The predicted octanol–water partition coefficient (Wildman–Crippen LogP) is 2.93. The van der Waals surface area contributed by atoms with Gasteiger partial charge in [0.1, 0.15) is 4.83 Å². The Bertz CT molecular complexity index is 533. The molecule has 1 unspecified atom stereocenters. The van der Waals surface area contributed by atoms with Crippen LogP contribution in [0.4, 0.5) is 4.39 Å². The Morgan fingerprint density at radius 3 is 2.59 bits per heavy atom. The van der Waals surface area contributed by atoms with Gasteiger partial charge in [-0.15, -0.1) is 0 Å². The van der Waals surface area contributed by atoms with Gasteiger partial charge in [0.25, 0.3) is 0 Å². The third-order valence-corrected chi connectivity index (χ3v) is 3.18. The lowest BCUT2D eigenvalue weighted by molar-refractivity contribution is 0.0991. The van der Waals surface area contributed by atoms with Crippen LogP contribution in [0.3, 0.4) is 0 Å². The number of pyridine rings is 2. The number of rotatable bonds is 3. The van der Waals surface area contributed by atoms with E-state index < -0.39 is 10.8 Å². The van der Waals surface area contributed by atoms with Crippen LogP contribution in [0.1, 0.15) is 20.7 Å². The molecule has 0 bridgehead atoms. The molecule has 2 aromatic heterocycles. The third-order valence-electron chi connectivity index (χ3n) is 2.24. The van der Waals surface area contributed by atoms with E-state index in [1.54, 1.807) is 30.6 Å². The average Bonchev–Trinajstić information content (AvgIpc) is 2.38. The van der Waals surface area contributed by atoms with Crippen molar-refractivity contribution >= 4 is 21.7 Å². The smallest absolute Gasteiger partial charge is 0.213 e. The van der Waals surface area contributed by atoms with Gasteiger partial charge in [-0.05, 0) is 29.8 Å². The highest BCUT2D eigenvalue weighted by Crippen LogP contribution is 2.26. The van der Waals surface area contributed by atoms with Crippen LogP contribution in [0.5, 0.6) is 0 Å². The second-order valence-electron chi connectivity index (χ2n) is 3.37. The Morgan fingerprint density at radius 2 is 1.94 bits per heavy atom. The highest BCUT2D eigenvalue weighted by atomic mass is 79.9. The van der Waals surface area contributed by atoms with Crippen molar-refractivity contribution in [3.8, 4) is 0 Å². The number of aromatic nitrogens is 2. The minimum atomic E-state index is -0.602. The molecule has 2 heterocycles. The summed E-state index contributed by atoms with van der Waals surface area (Å²) in [6.07, 6.45) is 4.42. The lowest BCUT2D eigenvalue weighted by Crippen LogP contribution is -2.07. The Hall–Kier alpha value is -1.62. The van der Waals surface area contributed by atoms with Crippen molar-refractivity contribution in [2.24, 2.45) is 0 Å². The maximum atomic E-state index is 12.9. The van der Waals surface area contributed by atoms with E-state index in [4.69, 9.17) is 0 Å². The monoisotopic (exact) mass is 294 g/mol. The van der Waals surface area contributed by atoms with Gasteiger partial charge in [0.05, 0.1) is 0 Å². The number of hydrogen-bond donors (Lipinski definition) is 0. The first-order valence-corrected chi connectivity index (χ1v) is 5.80. The maximum Gasteiger partial charge on any atom is 0.213 e. The molecule has 0 saturated carbocycles. The van der Waals surface area contributed by atoms with E-state index in [2.05, 4.69) is 25.9 Å². The van der Waals surface area contributed by atoms with Gasteiger partial charge < -0.3 is 0 Å². The molecule has 0 aliphatic rings. The summed E-state index contributed by atoms with van der Waals surface area (Å²) >= 11 is 3.26. The molecule has 0 aromatic carbocycles. The molecule has 0 fully saturated rings. The minimum Gasteiger partial charge on any atom is -0.293 e. The molecule has 3 nitrogen and oxygen atoms in total. The van der Waals surface area contributed by atoms with Crippen LogP contribution in [0.15, 0.2) is 42.9 Å². The van der Waals surface area contributed by atoms with Gasteiger partial charge in [-0.3, -0.25) is 9.78 Å². The molecule has 0 radical (unpaired) electrons. The van der Waals surface area contributed by atoms with Crippen LogP contribution in [0, 0.1) is 5.95 Å². The fourth-order valence-electron chi connectivity index (χ4n) is 1.39. The lowest BCUT2D eigenvalue weighted by atomic mass is 10.1. The van der Waals surface area contributed by atoms with Crippen LogP contribution in [0.25, 0.3) is 0 Å². The van der Waals surface area contributed by atoms with Crippen LogP contribution in [-0.2, 0) is 0 Å². The number of halogens is 2. The van der Waals surface area contributed by atoms with Crippen molar-refractivity contribution in [2.45, 2.75) is 4.83 Å². The molecule has 2 aromatic rings. The van der Waals surface area contributed by atoms with Gasteiger partial charge in [-0.2, -0.15) is 4.39 Å². The number of carbonyl (C=O) groups is 1. The molecular weight excluding hydrogens is 287 g/mol. The molecule has 0 spiro atoms. The number of ketones is 1. The molecule has 0 aliphatic carbocycles. The molecule has 1 atom stereocenters. The molecular formula is C12H8BrFN2O. The first-order chi connectivity index (χ1) is 8.18. The van der Waals surface area contributed by atoms with E-state index in [-0.39, 0.29) is 5.78 Å². The van der Waals surface area contributed by atoms with E-state index in [9.17, 15) is 9.18 Å². The quantitative estimate of drug-likeness (QED) is 0.497. The van der Waals surface area contributed by atoms with Crippen molar-refractivity contribution < 1.29 is 9.18 Å². The second kappa shape index (κ2) is 5.14. The highest BCUT2D eigenvalue weighted by Gasteiger charge is 2.19. The number of carbonyl (C=O) groups excluding carboxylic acids is 1. The van der Waals surface area contributed by atoms with Gasteiger partial charge in [0, 0.05) is 24.2 Å². The van der Waals surface area contributed by atoms with Gasteiger partial charge in [0.15, 0.2) is 5.78 Å². The lowest BCUT2D eigenvalue weighted by Gasteiger charge is -2.08.